The van der Waals surface area contributed by atoms with Crippen LogP contribution in [-0.2, 0) is 4.74 Å². The monoisotopic (exact) mass is 301 g/mol. The molecule has 0 aromatic carbocycles. The molecule has 1 aromatic rings. The zero-order valence-electron chi connectivity index (χ0n) is 9.61. The van der Waals surface area contributed by atoms with Gasteiger partial charge in [-0.1, -0.05) is 0 Å². The van der Waals surface area contributed by atoms with E-state index < -0.39 is 0 Å². The van der Waals surface area contributed by atoms with Gasteiger partial charge in [0.2, 0.25) is 0 Å². The van der Waals surface area contributed by atoms with Crippen molar-refractivity contribution in [3.05, 3.63) is 10.8 Å². The minimum absolute atomic E-state index is 0.242. The molecule has 1 fully saturated rings. The molecule has 17 heavy (non-hydrogen) atoms. The van der Waals surface area contributed by atoms with Gasteiger partial charge in [-0.15, -0.1) is 0 Å². The lowest BCUT2D eigenvalue weighted by molar-refractivity contribution is 0.101. The first kappa shape index (κ1) is 12.5. The van der Waals surface area contributed by atoms with Crippen LogP contribution in [0, 0.1) is 0 Å². The van der Waals surface area contributed by atoms with Gasteiger partial charge in [-0.25, -0.2) is 15.8 Å². The van der Waals surface area contributed by atoms with Crippen LogP contribution in [0.3, 0.4) is 0 Å². The van der Waals surface area contributed by atoms with E-state index in [2.05, 4.69) is 36.6 Å². The fraction of sp³-hybridized carbons (Fsp3) is 0.600. The number of methoxy groups -OCH3 is 1. The molecule has 0 amide bonds. The zero-order valence-corrected chi connectivity index (χ0v) is 11.2. The van der Waals surface area contributed by atoms with Crippen LogP contribution in [0.1, 0.15) is 19.3 Å². The third-order valence-corrected chi connectivity index (χ3v) is 3.75. The maximum atomic E-state index is 5.43. The van der Waals surface area contributed by atoms with Crippen LogP contribution in [0.2, 0.25) is 0 Å². The van der Waals surface area contributed by atoms with Gasteiger partial charge in [0, 0.05) is 7.11 Å². The number of ether oxygens (including phenoxy) is 1. The van der Waals surface area contributed by atoms with Crippen LogP contribution in [-0.4, -0.2) is 29.2 Å². The quantitative estimate of drug-likeness (QED) is 0.577. The summed E-state index contributed by atoms with van der Waals surface area (Å²) >= 11 is 3.42. The van der Waals surface area contributed by atoms with Crippen molar-refractivity contribution in [2.45, 2.75) is 31.4 Å². The standard InChI is InChI=1S/C10H16BrN5O/c1-17-7-4-2-3-6(7)15-9-8(11)10(16-12)14-5-13-9/h5-7H,2-4,12H2,1H3,(H2,13,14,15,16). The van der Waals surface area contributed by atoms with Gasteiger partial charge in [-0.05, 0) is 35.2 Å². The van der Waals surface area contributed by atoms with Gasteiger partial charge in [-0.3, -0.25) is 0 Å². The maximum Gasteiger partial charge on any atom is 0.159 e. The van der Waals surface area contributed by atoms with Crippen molar-refractivity contribution in [1.82, 2.24) is 9.97 Å². The molecule has 6 nitrogen and oxygen atoms in total. The van der Waals surface area contributed by atoms with Gasteiger partial charge < -0.3 is 15.5 Å². The molecule has 94 valence electrons. The lowest BCUT2D eigenvalue weighted by atomic mass is 10.2. The highest BCUT2D eigenvalue weighted by Gasteiger charge is 2.27. The number of nitrogens with zero attached hydrogens (tertiary/aromatic N) is 2. The fourth-order valence-electron chi connectivity index (χ4n) is 2.12. The molecule has 2 atom stereocenters. The number of rotatable bonds is 4. The van der Waals surface area contributed by atoms with Gasteiger partial charge in [0.25, 0.3) is 0 Å². The van der Waals surface area contributed by atoms with E-state index in [9.17, 15) is 0 Å². The second kappa shape index (κ2) is 5.61. The van der Waals surface area contributed by atoms with E-state index in [-0.39, 0.29) is 12.1 Å². The molecular formula is C10H16BrN5O. The van der Waals surface area contributed by atoms with Crippen LogP contribution < -0.4 is 16.6 Å². The number of nitrogen functional groups attached to an aromatic ring is 1. The molecule has 1 saturated carbocycles. The Balaban J connectivity index is 2.13. The summed E-state index contributed by atoms with van der Waals surface area (Å²) in [6.07, 6.45) is 5.05. The SMILES string of the molecule is COC1CCCC1Nc1ncnc(NN)c1Br. The molecule has 2 unspecified atom stereocenters. The number of hydrogen-bond donors (Lipinski definition) is 3. The van der Waals surface area contributed by atoms with Gasteiger partial charge in [0.15, 0.2) is 5.82 Å². The Hall–Kier alpha value is -0.920. The summed E-state index contributed by atoms with van der Waals surface area (Å²) in [5.74, 6) is 6.66. The molecule has 7 heteroatoms. The number of hydrogen-bond acceptors (Lipinski definition) is 6. The second-order valence-electron chi connectivity index (χ2n) is 3.99. The molecule has 0 radical (unpaired) electrons. The number of nitrogens with two attached hydrogens (primary N) is 1. The largest absolute Gasteiger partial charge is 0.379 e. The summed E-state index contributed by atoms with van der Waals surface area (Å²) in [6.45, 7) is 0. The number of hydrazine groups is 1. The minimum Gasteiger partial charge on any atom is -0.379 e. The Morgan fingerprint density at radius 1 is 1.41 bits per heavy atom. The molecule has 0 spiro atoms. The summed E-state index contributed by atoms with van der Waals surface area (Å²) in [5, 5.41) is 3.37. The highest BCUT2D eigenvalue weighted by molar-refractivity contribution is 9.10. The van der Waals surface area contributed by atoms with Crippen LogP contribution >= 0.6 is 15.9 Å². The summed E-state index contributed by atoms with van der Waals surface area (Å²) < 4.78 is 6.17. The molecule has 1 aliphatic carbocycles. The molecule has 1 aliphatic rings. The Bertz CT molecular complexity index is 389. The van der Waals surface area contributed by atoms with Crippen LogP contribution in [0.15, 0.2) is 10.8 Å². The Kier molecular flexibility index (Phi) is 4.14. The van der Waals surface area contributed by atoms with Crippen molar-refractivity contribution in [3.8, 4) is 0 Å². The fourth-order valence-corrected chi connectivity index (χ4v) is 2.55. The smallest absolute Gasteiger partial charge is 0.159 e. The summed E-state index contributed by atoms with van der Waals surface area (Å²) in [4.78, 5) is 8.20. The van der Waals surface area contributed by atoms with E-state index in [0.717, 1.165) is 23.1 Å². The number of anilines is 2. The highest BCUT2D eigenvalue weighted by atomic mass is 79.9. The summed E-state index contributed by atoms with van der Waals surface area (Å²) in [7, 11) is 1.74. The molecule has 4 N–H and O–H groups in total. The Morgan fingerprint density at radius 2 is 2.18 bits per heavy atom. The van der Waals surface area contributed by atoms with Gasteiger partial charge in [0.05, 0.1) is 12.1 Å². The predicted octanol–water partition coefficient (Wildman–Crippen LogP) is 1.50. The van der Waals surface area contributed by atoms with Gasteiger partial charge >= 0.3 is 0 Å². The maximum absolute atomic E-state index is 5.43. The molecule has 1 heterocycles. The first-order chi connectivity index (χ1) is 8.26. The summed E-state index contributed by atoms with van der Waals surface area (Å²) in [5.41, 5.74) is 2.52. The van der Waals surface area contributed by atoms with E-state index in [1.807, 2.05) is 0 Å². The second-order valence-corrected chi connectivity index (χ2v) is 4.78. The van der Waals surface area contributed by atoms with Crippen molar-refractivity contribution >= 4 is 27.6 Å². The molecule has 0 aliphatic heterocycles. The van der Waals surface area contributed by atoms with Crippen molar-refractivity contribution in [1.29, 1.82) is 0 Å². The number of aromatic nitrogens is 2. The van der Waals surface area contributed by atoms with Gasteiger partial charge in [-0.2, -0.15) is 0 Å². The highest BCUT2D eigenvalue weighted by Crippen LogP contribution is 2.30. The van der Waals surface area contributed by atoms with E-state index in [4.69, 9.17) is 10.6 Å². The normalized spacial score (nSPS) is 23.7. The first-order valence-electron chi connectivity index (χ1n) is 5.52. The average Bonchev–Trinajstić information content (AvgIpc) is 2.79. The lowest BCUT2D eigenvalue weighted by Gasteiger charge is -2.21. The van der Waals surface area contributed by atoms with Crippen LogP contribution in [0.25, 0.3) is 0 Å². The number of nitrogens with one attached hydrogen (secondary N) is 2. The van der Waals surface area contributed by atoms with E-state index in [0.29, 0.717) is 5.82 Å². The van der Waals surface area contributed by atoms with Crippen molar-refractivity contribution in [3.63, 3.8) is 0 Å². The molecule has 0 bridgehead atoms. The molecule has 1 aromatic heterocycles. The van der Waals surface area contributed by atoms with Gasteiger partial charge in [0.1, 0.15) is 16.6 Å². The Labute approximate surface area is 108 Å². The number of halogens is 1. The summed E-state index contributed by atoms with van der Waals surface area (Å²) in [6, 6.07) is 0.289. The van der Waals surface area contributed by atoms with Crippen molar-refractivity contribution in [2.75, 3.05) is 17.9 Å². The average molecular weight is 302 g/mol. The molecule has 0 saturated heterocycles. The molecule has 2 rings (SSSR count). The lowest BCUT2D eigenvalue weighted by Crippen LogP contribution is -2.30. The Morgan fingerprint density at radius 3 is 2.88 bits per heavy atom. The first-order valence-corrected chi connectivity index (χ1v) is 6.32. The van der Waals surface area contributed by atoms with E-state index in [1.165, 1.54) is 12.7 Å². The zero-order chi connectivity index (χ0) is 12.3. The third kappa shape index (κ3) is 2.67. The topological polar surface area (TPSA) is 85.1 Å². The van der Waals surface area contributed by atoms with E-state index in [1.54, 1.807) is 7.11 Å². The van der Waals surface area contributed by atoms with Crippen molar-refractivity contribution in [2.24, 2.45) is 5.84 Å². The van der Waals surface area contributed by atoms with Crippen molar-refractivity contribution < 1.29 is 4.74 Å². The van der Waals surface area contributed by atoms with Crippen LogP contribution in [0.5, 0.6) is 0 Å². The van der Waals surface area contributed by atoms with Crippen LogP contribution in [0.4, 0.5) is 11.6 Å². The predicted molar refractivity (Wildman–Crippen MR) is 69.6 cm³/mol. The third-order valence-electron chi connectivity index (χ3n) is 3.00. The van der Waals surface area contributed by atoms with E-state index >= 15 is 0 Å². The minimum atomic E-state index is 0.242. The molecular weight excluding hydrogens is 286 g/mol.